The Morgan fingerprint density at radius 1 is 1.00 bits per heavy atom. The number of nitrogens with one attached hydrogen (secondary N) is 1. The number of para-hydroxylation sites is 2. The van der Waals surface area contributed by atoms with Crippen LogP contribution in [0.5, 0.6) is 0 Å². The van der Waals surface area contributed by atoms with Crippen LogP contribution in [0.3, 0.4) is 0 Å². The Bertz CT molecular complexity index is 1040. The molecule has 0 saturated carbocycles. The predicted molar refractivity (Wildman–Crippen MR) is 110 cm³/mol. The summed E-state index contributed by atoms with van der Waals surface area (Å²) in [6.45, 7) is 5.88. The molecule has 1 aliphatic rings. The molecule has 136 valence electrons. The van der Waals surface area contributed by atoms with E-state index in [-0.39, 0.29) is 5.91 Å². The average Bonchev–Trinajstić information content (AvgIpc) is 3.11. The summed E-state index contributed by atoms with van der Waals surface area (Å²) in [5.74, 6) is -0.0758. The van der Waals surface area contributed by atoms with Crippen LogP contribution in [0.25, 0.3) is 5.69 Å². The third-order valence-corrected chi connectivity index (χ3v) is 5.23. The van der Waals surface area contributed by atoms with Crippen molar-refractivity contribution in [2.45, 2.75) is 26.8 Å². The maximum Gasteiger partial charge on any atom is 0.260 e. The van der Waals surface area contributed by atoms with Gasteiger partial charge in [-0.2, -0.15) is 5.10 Å². The van der Waals surface area contributed by atoms with Gasteiger partial charge < -0.3 is 5.32 Å². The van der Waals surface area contributed by atoms with Gasteiger partial charge in [-0.1, -0.05) is 36.4 Å². The molecule has 1 aromatic heterocycles. The second-order valence-corrected chi connectivity index (χ2v) is 7.06. The third kappa shape index (κ3) is 2.82. The lowest BCUT2D eigenvalue weighted by molar-refractivity contribution is -0.118. The van der Waals surface area contributed by atoms with Gasteiger partial charge in [0.15, 0.2) is 5.11 Å². The van der Waals surface area contributed by atoms with Crippen LogP contribution >= 0.6 is 12.2 Å². The second-order valence-electron chi connectivity index (χ2n) is 6.67. The number of carbonyl (C=O) groups excluding carboxylic acids is 1. The second kappa shape index (κ2) is 6.63. The third-order valence-electron chi connectivity index (χ3n) is 4.93. The van der Waals surface area contributed by atoms with Gasteiger partial charge in [-0.3, -0.25) is 9.69 Å². The number of hydrogen-bond donors (Lipinski definition) is 1. The summed E-state index contributed by atoms with van der Waals surface area (Å²) in [5.41, 5.74) is 5.41. The minimum Gasteiger partial charge on any atom is -0.346 e. The Balaban J connectivity index is 1.75. The minimum absolute atomic E-state index is 0.0758. The first kappa shape index (κ1) is 17.4. The molecule has 0 radical (unpaired) electrons. The number of amides is 1. The van der Waals surface area contributed by atoms with E-state index in [0.29, 0.717) is 5.11 Å². The zero-order chi connectivity index (χ0) is 19.1. The summed E-state index contributed by atoms with van der Waals surface area (Å²) in [6.07, 6.45) is 0. The van der Waals surface area contributed by atoms with Crippen molar-refractivity contribution < 1.29 is 4.79 Å². The first-order valence-electron chi connectivity index (χ1n) is 8.80. The molecule has 1 aliphatic heterocycles. The van der Waals surface area contributed by atoms with Crippen molar-refractivity contribution in [3.63, 3.8) is 0 Å². The highest BCUT2D eigenvalue weighted by molar-refractivity contribution is 7.80. The number of benzene rings is 2. The maximum absolute atomic E-state index is 13.3. The molecular formula is C21H20N4OS. The van der Waals surface area contributed by atoms with E-state index in [9.17, 15) is 4.79 Å². The summed E-state index contributed by atoms with van der Waals surface area (Å²) in [5, 5.41) is 8.28. The molecule has 6 heteroatoms. The van der Waals surface area contributed by atoms with Crippen molar-refractivity contribution >= 4 is 28.9 Å². The highest BCUT2D eigenvalue weighted by Gasteiger charge is 2.40. The summed E-state index contributed by atoms with van der Waals surface area (Å²) >= 11 is 5.49. The van der Waals surface area contributed by atoms with Gasteiger partial charge >= 0.3 is 0 Å². The van der Waals surface area contributed by atoms with E-state index >= 15 is 0 Å². The van der Waals surface area contributed by atoms with Crippen LogP contribution in [0.15, 0.2) is 54.6 Å². The molecule has 1 fully saturated rings. The Labute approximate surface area is 163 Å². The van der Waals surface area contributed by atoms with Gasteiger partial charge in [-0.25, -0.2) is 4.68 Å². The molecule has 1 atom stereocenters. The highest BCUT2D eigenvalue weighted by Crippen LogP contribution is 2.32. The van der Waals surface area contributed by atoms with Crippen molar-refractivity contribution in [2.75, 3.05) is 4.90 Å². The Morgan fingerprint density at radius 2 is 1.67 bits per heavy atom. The number of rotatable bonds is 3. The Kier molecular flexibility index (Phi) is 4.28. The molecule has 1 N–H and O–H groups in total. The fourth-order valence-electron chi connectivity index (χ4n) is 3.61. The van der Waals surface area contributed by atoms with E-state index < -0.39 is 6.04 Å². The first-order valence-corrected chi connectivity index (χ1v) is 9.21. The molecule has 0 spiro atoms. The number of aryl methyl sites for hydroxylation is 2. The zero-order valence-corrected chi connectivity index (χ0v) is 16.2. The van der Waals surface area contributed by atoms with Gasteiger partial charge in [0.2, 0.25) is 0 Å². The summed E-state index contributed by atoms with van der Waals surface area (Å²) in [4.78, 5) is 14.8. The number of thiocarbonyl (C=S) groups is 1. The molecule has 5 nitrogen and oxygen atoms in total. The van der Waals surface area contributed by atoms with Crippen molar-refractivity contribution in [1.82, 2.24) is 15.1 Å². The van der Waals surface area contributed by atoms with E-state index in [4.69, 9.17) is 12.2 Å². The van der Waals surface area contributed by atoms with E-state index in [2.05, 4.69) is 10.4 Å². The largest absolute Gasteiger partial charge is 0.346 e. The van der Waals surface area contributed by atoms with Crippen molar-refractivity contribution in [2.24, 2.45) is 0 Å². The van der Waals surface area contributed by atoms with Gasteiger partial charge in [0.25, 0.3) is 5.91 Å². The van der Waals surface area contributed by atoms with Crippen molar-refractivity contribution in [3.05, 3.63) is 77.1 Å². The van der Waals surface area contributed by atoms with Crippen LogP contribution in [-0.4, -0.2) is 20.8 Å². The smallest absolute Gasteiger partial charge is 0.260 e. The molecule has 0 bridgehead atoms. The molecule has 2 aromatic carbocycles. The topological polar surface area (TPSA) is 50.2 Å². The van der Waals surface area contributed by atoms with Crippen LogP contribution in [0, 0.1) is 20.8 Å². The number of nitrogens with zero attached hydrogens (tertiary/aromatic N) is 3. The van der Waals surface area contributed by atoms with Crippen LogP contribution in [-0.2, 0) is 4.79 Å². The Morgan fingerprint density at radius 3 is 2.37 bits per heavy atom. The summed E-state index contributed by atoms with van der Waals surface area (Å²) in [6, 6.07) is 17.1. The standard InChI is InChI=1S/C21H20N4OS/c1-13-9-7-8-12-17(13)24-20(26)19(22-21(24)27)18-14(2)23-25(15(18)3)16-10-5-4-6-11-16/h4-12,19H,1-3H3,(H,22,27)/t19-/m1/s1. The lowest BCUT2D eigenvalue weighted by Gasteiger charge is -2.17. The zero-order valence-electron chi connectivity index (χ0n) is 15.4. The SMILES string of the molecule is Cc1ccccc1N1C(=O)[C@@H](c2c(C)nn(-c3ccccc3)c2C)NC1=S. The van der Waals surface area contributed by atoms with Crippen LogP contribution in [0.1, 0.15) is 28.6 Å². The summed E-state index contributed by atoms with van der Waals surface area (Å²) < 4.78 is 1.87. The van der Waals surface area contributed by atoms with Gasteiger partial charge in [0.1, 0.15) is 6.04 Å². The van der Waals surface area contributed by atoms with Gasteiger partial charge in [-0.05, 0) is 56.8 Å². The van der Waals surface area contributed by atoms with Gasteiger partial charge in [-0.15, -0.1) is 0 Å². The molecule has 27 heavy (non-hydrogen) atoms. The minimum atomic E-state index is -0.533. The van der Waals surface area contributed by atoms with Crippen molar-refractivity contribution in [3.8, 4) is 5.69 Å². The molecule has 0 unspecified atom stereocenters. The lowest BCUT2D eigenvalue weighted by atomic mass is 10.0. The van der Waals surface area contributed by atoms with E-state index in [1.165, 1.54) is 0 Å². The fraction of sp³-hybridized carbons (Fsp3) is 0.190. The number of hydrogen-bond acceptors (Lipinski definition) is 3. The highest BCUT2D eigenvalue weighted by atomic mass is 32.1. The molecule has 2 heterocycles. The van der Waals surface area contributed by atoms with Gasteiger partial charge in [0, 0.05) is 11.3 Å². The van der Waals surface area contributed by atoms with E-state index in [1.54, 1.807) is 4.90 Å². The molecule has 4 rings (SSSR count). The van der Waals surface area contributed by atoms with Crippen molar-refractivity contribution in [1.29, 1.82) is 0 Å². The Hall–Kier alpha value is -2.99. The van der Waals surface area contributed by atoms with E-state index in [0.717, 1.165) is 33.9 Å². The molecular weight excluding hydrogens is 356 g/mol. The molecule has 3 aromatic rings. The quantitative estimate of drug-likeness (QED) is 0.707. The maximum atomic E-state index is 13.3. The lowest BCUT2D eigenvalue weighted by Crippen LogP contribution is -2.31. The molecule has 0 aliphatic carbocycles. The number of carbonyl (C=O) groups is 1. The summed E-state index contributed by atoms with van der Waals surface area (Å²) in [7, 11) is 0. The monoisotopic (exact) mass is 376 g/mol. The number of aromatic nitrogens is 2. The van der Waals surface area contributed by atoms with Gasteiger partial charge in [0.05, 0.1) is 17.1 Å². The van der Waals surface area contributed by atoms with Crippen LogP contribution in [0.2, 0.25) is 0 Å². The average molecular weight is 376 g/mol. The predicted octanol–water partition coefficient (Wildman–Crippen LogP) is 3.76. The van der Waals surface area contributed by atoms with E-state index in [1.807, 2.05) is 80.1 Å². The molecule has 1 saturated heterocycles. The fourth-order valence-corrected chi connectivity index (χ4v) is 3.92. The number of anilines is 1. The normalized spacial score (nSPS) is 16.7. The van der Waals surface area contributed by atoms with Crippen LogP contribution in [0.4, 0.5) is 5.69 Å². The van der Waals surface area contributed by atoms with Crippen LogP contribution < -0.4 is 10.2 Å². The molecule has 1 amide bonds. The first-order chi connectivity index (χ1) is 13.0.